The molecule has 0 fully saturated rings. The Kier molecular flexibility index (Phi) is 5.15. The lowest BCUT2D eigenvalue weighted by atomic mass is 10.2. The zero-order valence-electron chi connectivity index (χ0n) is 10.7. The third kappa shape index (κ3) is 3.22. The van der Waals surface area contributed by atoms with Crippen LogP contribution in [-0.4, -0.2) is 40.1 Å². The van der Waals surface area contributed by atoms with Crippen LogP contribution in [0.15, 0.2) is 11.0 Å². The standard InChI is InChI=1S/C11H17ClN4O2/c1-4-16(5-2)11(18)7(3)14-8-6-13-15-10(17)9(8)12/h6-7H,4-5H2,1-3H3,(H2,14,15,17). The van der Waals surface area contributed by atoms with E-state index >= 15 is 0 Å². The van der Waals surface area contributed by atoms with E-state index in [4.69, 9.17) is 11.6 Å². The van der Waals surface area contributed by atoms with Crippen LogP contribution >= 0.6 is 11.6 Å². The normalized spacial score (nSPS) is 12.0. The van der Waals surface area contributed by atoms with Crippen LogP contribution in [-0.2, 0) is 4.79 Å². The van der Waals surface area contributed by atoms with Crippen LogP contribution < -0.4 is 10.9 Å². The molecule has 100 valence electrons. The lowest BCUT2D eigenvalue weighted by molar-refractivity contribution is -0.131. The zero-order valence-corrected chi connectivity index (χ0v) is 11.4. The highest BCUT2D eigenvalue weighted by Gasteiger charge is 2.19. The van der Waals surface area contributed by atoms with Gasteiger partial charge in [0.15, 0.2) is 0 Å². The highest BCUT2D eigenvalue weighted by atomic mass is 35.5. The Balaban J connectivity index is 2.81. The molecule has 0 saturated carbocycles. The highest BCUT2D eigenvalue weighted by Crippen LogP contribution is 2.16. The summed E-state index contributed by atoms with van der Waals surface area (Å²) in [7, 11) is 0. The number of nitrogens with one attached hydrogen (secondary N) is 2. The molecular formula is C11H17ClN4O2. The second-order valence-corrected chi connectivity index (χ2v) is 4.18. The molecule has 7 heteroatoms. The average Bonchev–Trinajstić information content (AvgIpc) is 2.36. The van der Waals surface area contributed by atoms with Crippen LogP contribution in [0.1, 0.15) is 20.8 Å². The third-order valence-corrected chi connectivity index (χ3v) is 2.99. The predicted molar refractivity (Wildman–Crippen MR) is 70.9 cm³/mol. The van der Waals surface area contributed by atoms with E-state index in [1.54, 1.807) is 11.8 Å². The molecule has 0 bridgehead atoms. The number of carbonyl (C=O) groups excluding carboxylic acids is 1. The quantitative estimate of drug-likeness (QED) is 0.841. The number of H-pyrrole nitrogens is 1. The van der Waals surface area contributed by atoms with Gasteiger partial charge in [-0.15, -0.1) is 0 Å². The summed E-state index contributed by atoms with van der Waals surface area (Å²) in [6, 6.07) is -0.467. The highest BCUT2D eigenvalue weighted by molar-refractivity contribution is 6.33. The largest absolute Gasteiger partial charge is 0.371 e. The third-order valence-electron chi connectivity index (χ3n) is 2.61. The molecule has 6 nitrogen and oxygen atoms in total. The molecule has 0 aliphatic heterocycles. The maximum absolute atomic E-state index is 12.0. The number of rotatable bonds is 5. The second kappa shape index (κ2) is 6.39. The smallest absolute Gasteiger partial charge is 0.285 e. The molecular weight excluding hydrogens is 256 g/mol. The van der Waals surface area contributed by atoms with E-state index in [1.807, 2.05) is 13.8 Å². The minimum atomic E-state index is -0.482. The van der Waals surface area contributed by atoms with Crippen molar-refractivity contribution in [1.29, 1.82) is 0 Å². The van der Waals surface area contributed by atoms with Gasteiger partial charge < -0.3 is 10.2 Å². The minimum absolute atomic E-state index is 0.00389. The first kappa shape index (κ1) is 14.5. The van der Waals surface area contributed by atoms with Gasteiger partial charge >= 0.3 is 0 Å². The first-order valence-corrected chi connectivity index (χ1v) is 6.17. The van der Waals surface area contributed by atoms with Crippen molar-refractivity contribution < 1.29 is 4.79 Å². The summed E-state index contributed by atoms with van der Waals surface area (Å²) in [4.78, 5) is 25.0. The van der Waals surface area contributed by atoms with Gasteiger partial charge in [-0.25, -0.2) is 5.10 Å². The van der Waals surface area contributed by atoms with E-state index in [-0.39, 0.29) is 10.9 Å². The maximum atomic E-state index is 12.0. The van der Waals surface area contributed by atoms with Crippen LogP contribution in [0, 0.1) is 0 Å². The van der Waals surface area contributed by atoms with Gasteiger partial charge in [-0.1, -0.05) is 11.6 Å². The monoisotopic (exact) mass is 272 g/mol. The van der Waals surface area contributed by atoms with Gasteiger partial charge in [-0.3, -0.25) is 9.59 Å². The summed E-state index contributed by atoms with van der Waals surface area (Å²) in [6.07, 6.45) is 1.38. The fraction of sp³-hybridized carbons (Fsp3) is 0.545. The Morgan fingerprint density at radius 2 is 2.17 bits per heavy atom. The molecule has 1 atom stereocenters. The van der Waals surface area contributed by atoms with Crippen LogP contribution in [0.5, 0.6) is 0 Å². The van der Waals surface area contributed by atoms with Gasteiger partial charge in [-0.2, -0.15) is 5.10 Å². The molecule has 1 unspecified atom stereocenters. The number of hydrogen-bond donors (Lipinski definition) is 2. The summed E-state index contributed by atoms with van der Waals surface area (Å²) in [5.74, 6) is -0.0450. The Bertz CT molecular complexity index is 470. The fourth-order valence-electron chi connectivity index (χ4n) is 1.59. The van der Waals surface area contributed by atoms with Gasteiger partial charge in [-0.05, 0) is 20.8 Å². The molecule has 1 heterocycles. The topological polar surface area (TPSA) is 78.1 Å². The first-order valence-electron chi connectivity index (χ1n) is 5.79. The maximum Gasteiger partial charge on any atom is 0.285 e. The summed E-state index contributed by atoms with van der Waals surface area (Å²) in [5.41, 5.74) is -0.127. The summed E-state index contributed by atoms with van der Waals surface area (Å²) in [6.45, 7) is 6.83. The lowest BCUT2D eigenvalue weighted by Gasteiger charge is -2.24. The molecule has 0 spiro atoms. The number of halogens is 1. The zero-order chi connectivity index (χ0) is 13.7. The summed E-state index contributed by atoms with van der Waals surface area (Å²) >= 11 is 5.82. The van der Waals surface area contributed by atoms with Crippen LogP contribution in [0.25, 0.3) is 0 Å². The fourth-order valence-corrected chi connectivity index (χ4v) is 1.73. The van der Waals surface area contributed by atoms with Crippen LogP contribution in [0.2, 0.25) is 5.02 Å². The summed E-state index contributed by atoms with van der Waals surface area (Å²) < 4.78 is 0. The molecule has 0 aliphatic rings. The number of amides is 1. The molecule has 1 aromatic heterocycles. The number of aromatic amines is 1. The predicted octanol–water partition coefficient (Wildman–Crippen LogP) is 1.09. The summed E-state index contributed by atoms with van der Waals surface area (Å²) in [5, 5.41) is 8.75. The van der Waals surface area contributed by atoms with Gasteiger partial charge in [0.25, 0.3) is 5.56 Å². The van der Waals surface area contributed by atoms with Gasteiger partial charge in [0, 0.05) is 13.1 Å². The Morgan fingerprint density at radius 1 is 1.56 bits per heavy atom. The molecule has 18 heavy (non-hydrogen) atoms. The number of likely N-dealkylation sites (N-methyl/N-ethyl adjacent to an activating group) is 1. The lowest BCUT2D eigenvalue weighted by Crippen LogP contribution is -2.41. The van der Waals surface area contributed by atoms with Gasteiger partial charge in [0.05, 0.1) is 11.9 Å². The Labute approximate surface area is 110 Å². The van der Waals surface area contributed by atoms with Crippen molar-refractivity contribution in [2.45, 2.75) is 26.8 Å². The molecule has 0 aromatic carbocycles. The number of carbonyl (C=O) groups is 1. The second-order valence-electron chi connectivity index (χ2n) is 3.80. The van der Waals surface area contributed by atoms with Crippen molar-refractivity contribution in [2.24, 2.45) is 0 Å². The van der Waals surface area contributed by atoms with Crippen molar-refractivity contribution >= 4 is 23.2 Å². The molecule has 0 saturated heterocycles. The van der Waals surface area contributed by atoms with E-state index in [9.17, 15) is 9.59 Å². The Hall–Kier alpha value is -1.56. The molecule has 0 aliphatic carbocycles. The van der Waals surface area contributed by atoms with Crippen LogP contribution in [0.4, 0.5) is 5.69 Å². The van der Waals surface area contributed by atoms with Gasteiger partial charge in [0.2, 0.25) is 5.91 Å². The number of nitrogens with zero attached hydrogens (tertiary/aromatic N) is 2. The van der Waals surface area contributed by atoms with E-state index in [1.165, 1.54) is 6.20 Å². The molecule has 1 amide bonds. The van der Waals surface area contributed by atoms with Crippen LogP contribution in [0.3, 0.4) is 0 Å². The first-order chi connectivity index (χ1) is 8.51. The molecule has 1 rings (SSSR count). The van der Waals surface area contributed by atoms with Crippen molar-refractivity contribution in [3.8, 4) is 0 Å². The number of hydrogen-bond acceptors (Lipinski definition) is 4. The Morgan fingerprint density at radius 3 is 2.72 bits per heavy atom. The van der Waals surface area contributed by atoms with Crippen molar-refractivity contribution in [3.63, 3.8) is 0 Å². The van der Waals surface area contributed by atoms with E-state index in [0.717, 1.165) is 0 Å². The van der Waals surface area contributed by atoms with E-state index in [2.05, 4.69) is 15.5 Å². The molecule has 2 N–H and O–H groups in total. The van der Waals surface area contributed by atoms with E-state index < -0.39 is 11.6 Å². The average molecular weight is 273 g/mol. The molecule has 1 aromatic rings. The number of anilines is 1. The SMILES string of the molecule is CCN(CC)C(=O)C(C)Nc1cn[nH]c(=O)c1Cl. The van der Waals surface area contributed by atoms with Crippen molar-refractivity contribution in [3.05, 3.63) is 21.6 Å². The number of aromatic nitrogens is 2. The van der Waals surface area contributed by atoms with Crippen molar-refractivity contribution in [1.82, 2.24) is 15.1 Å². The van der Waals surface area contributed by atoms with Crippen molar-refractivity contribution in [2.75, 3.05) is 18.4 Å². The minimum Gasteiger partial charge on any atom is -0.371 e. The van der Waals surface area contributed by atoms with Gasteiger partial charge in [0.1, 0.15) is 11.1 Å². The molecule has 0 radical (unpaired) electrons. The van der Waals surface area contributed by atoms with E-state index in [0.29, 0.717) is 18.8 Å².